The Morgan fingerprint density at radius 2 is 1.93 bits per heavy atom. The third-order valence-corrected chi connectivity index (χ3v) is 4.82. The highest BCUT2D eigenvalue weighted by atomic mass is 32.1. The van der Waals surface area contributed by atoms with Gasteiger partial charge in [0.05, 0.1) is 6.54 Å². The standard InChI is InChI=1S/C21H25N3O2S/c1-16-8-5-6-13-24(16)15-20(25)23-21(27)22-17-9-7-12-19(14-17)26-18-10-3-2-4-11-18/h2-4,7,9-12,14,16H,5-6,8,13,15H2,1H3,(H2,22,23,25,27). The summed E-state index contributed by atoms with van der Waals surface area (Å²) in [5.41, 5.74) is 0.764. The molecule has 1 aliphatic rings. The molecule has 2 aromatic rings. The topological polar surface area (TPSA) is 53.6 Å². The van der Waals surface area contributed by atoms with Gasteiger partial charge in [-0.25, -0.2) is 0 Å². The number of para-hydroxylation sites is 1. The van der Waals surface area contributed by atoms with E-state index in [-0.39, 0.29) is 5.91 Å². The van der Waals surface area contributed by atoms with Gasteiger partial charge in [-0.1, -0.05) is 30.7 Å². The molecule has 27 heavy (non-hydrogen) atoms. The van der Waals surface area contributed by atoms with E-state index in [9.17, 15) is 4.79 Å². The summed E-state index contributed by atoms with van der Waals surface area (Å²) in [6, 6.07) is 17.5. The van der Waals surface area contributed by atoms with Crippen molar-refractivity contribution in [3.05, 3.63) is 54.6 Å². The lowest BCUT2D eigenvalue weighted by atomic mass is 10.0. The molecule has 1 amide bonds. The lowest BCUT2D eigenvalue weighted by Gasteiger charge is -2.32. The third-order valence-electron chi connectivity index (χ3n) is 4.61. The van der Waals surface area contributed by atoms with Gasteiger partial charge in [0.1, 0.15) is 11.5 Å². The maximum Gasteiger partial charge on any atom is 0.240 e. The van der Waals surface area contributed by atoms with Crippen LogP contribution in [-0.2, 0) is 4.79 Å². The Morgan fingerprint density at radius 3 is 2.70 bits per heavy atom. The van der Waals surface area contributed by atoms with E-state index in [0.29, 0.717) is 23.4 Å². The van der Waals surface area contributed by atoms with Crippen LogP contribution in [-0.4, -0.2) is 35.1 Å². The third kappa shape index (κ3) is 6.05. The second-order valence-electron chi connectivity index (χ2n) is 6.76. The maximum atomic E-state index is 12.3. The van der Waals surface area contributed by atoms with Crippen LogP contribution in [0.25, 0.3) is 0 Å². The van der Waals surface area contributed by atoms with E-state index in [0.717, 1.165) is 30.8 Å². The number of ether oxygens (including phenoxy) is 1. The Kier molecular flexibility index (Phi) is 6.79. The number of hydrogen-bond donors (Lipinski definition) is 2. The largest absolute Gasteiger partial charge is 0.457 e. The number of carbonyl (C=O) groups is 1. The van der Waals surface area contributed by atoms with Gasteiger partial charge in [-0.2, -0.15) is 0 Å². The van der Waals surface area contributed by atoms with Crippen molar-refractivity contribution in [3.8, 4) is 11.5 Å². The highest BCUT2D eigenvalue weighted by Crippen LogP contribution is 2.23. The zero-order valence-electron chi connectivity index (χ0n) is 15.5. The molecule has 1 heterocycles. The number of hydrogen-bond acceptors (Lipinski definition) is 4. The van der Waals surface area contributed by atoms with Crippen LogP contribution in [0.5, 0.6) is 11.5 Å². The van der Waals surface area contributed by atoms with Gasteiger partial charge >= 0.3 is 0 Å². The molecule has 1 fully saturated rings. The Hall–Kier alpha value is -2.44. The molecule has 1 saturated heterocycles. The molecule has 1 unspecified atom stereocenters. The number of amides is 1. The lowest BCUT2D eigenvalue weighted by Crippen LogP contribution is -2.46. The number of nitrogens with one attached hydrogen (secondary N) is 2. The van der Waals surface area contributed by atoms with E-state index in [4.69, 9.17) is 17.0 Å². The van der Waals surface area contributed by atoms with Crippen LogP contribution in [0.3, 0.4) is 0 Å². The summed E-state index contributed by atoms with van der Waals surface area (Å²) in [6.45, 7) is 3.51. The molecule has 6 heteroatoms. The smallest absolute Gasteiger partial charge is 0.240 e. The Bertz CT molecular complexity index is 782. The van der Waals surface area contributed by atoms with Crippen molar-refractivity contribution in [3.63, 3.8) is 0 Å². The summed E-state index contributed by atoms with van der Waals surface area (Å²) in [5, 5.41) is 6.11. The van der Waals surface area contributed by atoms with Crippen molar-refractivity contribution in [1.29, 1.82) is 0 Å². The van der Waals surface area contributed by atoms with Crippen LogP contribution in [0, 0.1) is 0 Å². The predicted molar refractivity (Wildman–Crippen MR) is 112 cm³/mol. The fraction of sp³-hybridized carbons (Fsp3) is 0.333. The average molecular weight is 384 g/mol. The molecule has 142 valence electrons. The quantitative estimate of drug-likeness (QED) is 0.759. The first-order chi connectivity index (χ1) is 13.1. The van der Waals surface area contributed by atoms with Crippen molar-refractivity contribution in [2.24, 2.45) is 0 Å². The van der Waals surface area contributed by atoms with Crippen molar-refractivity contribution in [2.75, 3.05) is 18.4 Å². The molecule has 2 aromatic carbocycles. The minimum atomic E-state index is -0.0852. The molecular weight excluding hydrogens is 358 g/mol. The van der Waals surface area contributed by atoms with Crippen LogP contribution < -0.4 is 15.4 Å². The van der Waals surface area contributed by atoms with E-state index in [1.54, 1.807) is 0 Å². The molecule has 2 N–H and O–H groups in total. The summed E-state index contributed by atoms with van der Waals surface area (Å²) < 4.78 is 5.82. The second-order valence-corrected chi connectivity index (χ2v) is 7.17. The van der Waals surface area contributed by atoms with Crippen LogP contribution in [0.2, 0.25) is 0 Å². The fourth-order valence-corrected chi connectivity index (χ4v) is 3.40. The fourth-order valence-electron chi connectivity index (χ4n) is 3.17. The maximum absolute atomic E-state index is 12.3. The van der Waals surface area contributed by atoms with Crippen molar-refractivity contribution < 1.29 is 9.53 Å². The van der Waals surface area contributed by atoms with Gasteiger partial charge in [0.15, 0.2) is 5.11 Å². The number of carbonyl (C=O) groups excluding carboxylic acids is 1. The molecule has 5 nitrogen and oxygen atoms in total. The van der Waals surface area contributed by atoms with Gasteiger partial charge in [0.2, 0.25) is 5.91 Å². The molecule has 0 bridgehead atoms. The van der Waals surface area contributed by atoms with Crippen molar-refractivity contribution in [2.45, 2.75) is 32.2 Å². The molecule has 0 spiro atoms. The number of piperidine rings is 1. The zero-order chi connectivity index (χ0) is 19.1. The summed E-state index contributed by atoms with van der Waals surface area (Å²) in [4.78, 5) is 14.5. The predicted octanol–water partition coefficient (Wildman–Crippen LogP) is 4.17. The summed E-state index contributed by atoms with van der Waals surface area (Å²) in [7, 11) is 0. The highest BCUT2D eigenvalue weighted by Gasteiger charge is 2.20. The molecule has 3 rings (SSSR count). The van der Waals surface area contributed by atoms with Gasteiger partial charge in [-0.3, -0.25) is 9.69 Å². The van der Waals surface area contributed by atoms with E-state index in [1.165, 1.54) is 6.42 Å². The monoisotopic (exact) mass is 383 g/mol. The Balaban J connectivity index is 1.51. The number of anilines is 1. The number of nitrogens with zero attached hydrogens (tertiary/aromatic N) is 1. The van der Waals surface area contributed by atoms with Gasteiger partial charge in [-0.05, 0) is 62.8 Å². The van der Waals surface area contributed by atoms with Crippen molar-refractivity contribution >= 4 is 28.9 Å². The molecule has 0 saturated carbocycles. The van der Waals surface area contributed by atoms with Gasteiger partial charge in [0, 0.05) is 17.8 Å². The van der Waals surface area contributed by atoms with Crippen LogP contribution in [0.4, 0.5) is 5.69 Å². The SMILES string of the molecule is CC1CCCCN1CC(=O)NC(=S)Nc1cccc(Oc2ccccc2)c1. The minimum absolute atomic E-state index is 0.0852. The normalized spacial score (nSPS) is 17.1. The van der Waals surface area contributed by atoms with Gasteiger partial charge in [-0.15, -0.1) is 0 Å². The summed E-state index contributed by atoms with van der Waals surface area (Å²) >= 11 is 5.28. The number of thiocarbonyl (C=S) groups is 1. The lowest BCUT2D eigenvalue weighted by molar-refractivity contribution is -0.121. The summed E-state index contributed by atoms with van der Waals surface area (Å²) in [6.07, 6.45) is 3.53. The van der Waals surface area contributed by atoms with E-state index in [1.807, 2.05) is 54.6 Å². The Labute approximate surface area is 165 Å². The van der Waals surface area contributed by atoms with Gasteiger partial charge in [0.25, 0.3) is 0 Å². The zero-order valence-corrected chi connectivity index (χ0v) is 16.3. The summed E-state index contributed by atoms with van der Waals surface area (Å²) in [5.74, 6) is 1.38. The number of likely N-dealkylation sites (tertiary alicyclic amines) is 1. The number of benzene rings is 2. The molecular formula is C21H25N3O2S. The molecule has 1 aliphatic heterocycles. The first-order valence-corrected chi connectivity index (χ1v) is 9.69. The second kappa shape index (κ2) is 9.48. The first kappa shape index (κ1) is 19.3. The van der Waals surface area contributed by atoms with Crippen LogP contribution in [0.1, 0.15) is 26.2 Å². The molecule has 1 atom stereocenters. The van der Waals surface area contributed by atoms with Crippen molar-refractivity contribution in [1.82, 2.24) is 10.2 Å². The molecule has 0 aliphatic carbocycles. The minimum Gasteiger partial charge on any atom is -0.457 e. The average Bonchev–Trinajstić information content (AvgIpc) is 2.64. The van der Waals surface area contributed by atoms with E-state index in [2.05, 4.69) is 22.5 Å². The first-order valence-electron chi connectivity index (χ1n) is 9.28. The number of rotatable bonds is 5. The van der Waals surface area contributed by atoms with Gasteiger partial charge < -0.3 is 15.4 Å². The van der Waals surface area contributed by atoms with E-state index >= 15 is 0 Å². The highest BCUT2D eigenvalue weighted by molar-refractivity contribution is 7.80. The Morgan fingerprint density at radius 1 is 1.15 bits per heavy atom. The van der Waals surface area contributed by atoms with Crippen LogP contribution in [0.15, 0.2) is 54.6 Å². The molecule has 0 aromatic heterocycles. The van der Waals surface area contributed by atoms with Crippen LogP contribution >= 0.6 is 12.2 Å². The molecule has 0 radical (unpaired) electrons. The van der Waals surface area contributed by atoms with E-state index < -0.39 is 0 Å².